The lowest BCUT2D eigenvalue weighted by atomic mass is 9.86. The molecule has 0 aliphatic carbocycles. The van der Waals surface area contributed by atoms with Crippen molar-refractivity contribution in [1.29, 1.82) is 0 Å². The number of rotatable bonds is 3. The Hall–Kier alpha value is -3.13. The van der Waals surface area contributed by atoms with Gasteiger partial charge in [0.25, 0.3) is 0 Å². The maximum Gasteiger partial charge on any atom is 0.0736 e. The fraction of sp³-hybridized carbons (Fsp3) is 0.323. The quantitative estimate of drug-likeness (QED) is 0.322. The third-order valence-electron chi connectivity index (χ3n) is 7.57. The number of aryl methyl sites for hydroxylation is 4. The molecule has 4 aromatic rings. The molecule has 0 radical (unpaired) electrons. The zero-order valence-corrected chi connectivity index (χ0v) is 21.9. The minimum atomic E-state index is 1.05. The number of fused-ring (bicyclic) bond motifs is 1. The van der Waals surface area contributed by atoms with Crippen molar-refractivity contribution in [3.63, 3.8) is 0 Å². The van der Waals surface area contributed by atoms with Gasteiger partial charge in [-0.1, -0.05) is 18.2 Å². The molecule has 0 spiro atoms. The highest BCUT2D eigenvalue weighted by Crippen LogP contribution is 2.40. The van der Waals surface area contributed by atoms with Crippen molar-refractivity contribution >= 4 is 16.6 Å². The van der Waals surface area contributed by atoms with Crippen LogP contribution in [0.5, 0.6) is 0 Å². The van der Waals surface area contributed by atoms with Gasteiger partial charge in [-0.05, 0) is 129 Å². The van der Waals surface area contributed by atoms with E-state index in [0.29, 0.717) is 0 Å². The van der Waals surface area contributed by atoms with Gasteiger partial charge in [0.05, 0.1) is 11.2 Å². The summed E-state index contributed by atoms with van der Waals surface area (Å²) in [6.45, 7) is 17.8. The molecular formula is C31H36N2. The summed E-state index contributed by atoms with van der Waals surface area (Å²) in [7, 11) is 4.17. The smallest absolute Gasteiger partial charge is 0.0736 e. The molecule has 0 atom stereocenters. The first-order valence-electron chi connectivity index (χ1n) is 11.8. The van der Waals surface area contributed by atoms with Gasteiger partial charge in [-0.2, -0.15) is 0 Å². The van der Waals surface area contributed by atoms with Crippen LogP contribution < -0.4 is 4.90 Å². The predicted molar refractivity (Wildman–Crippen MR) is 145 cm³/mol. The standard InChI is InChI=1S/C31H36N2/c1-17-13-18(2)22(6)30(21(17)5)27-16-29(31-23(7)19(3)14-20(4)24(31)8)32-28-15-25(33(9)10)11-12-26(27)28/h11-16H,1-10H3. The number of nitrogens with zero attached hydrogens (tertiary/aromatic N) is 2. The van der Waals surface area contributed by atoms with E-state index in [1.54, 1.807) is 0 Å². The average Bonchev–Trinajstić information content (AvgIpc) is 2.76. The molecule has 2 heteroatoms. The van der Waals surface area contributed by atoms with Crippen LogP contribution in [0.4, 0.5) is 5.69 Å². The summed E-state index contributed by atoms with van der Waals surface area (Å²) in [5.74, 6) is 0. The zero-order valence-electron chi connectivity index (χ0n) is 21.9. The molecule has 0 bridgehead atoms. The Labute approximate surface area is 199 Å². The zero-order chi connectivity index (χ0) is 24.2. The van der Waals surface area contributed by atoms with Gasteiger partial charge in [0.2, 0.25) is 0 Å². The summed E-state index contributed by atoms with van der Waals surface area (Å²) in [6.07, 6.45) is 0. The first-order chi connectivity index (χ1) is 15.5. The lowest BCUT2D eigenvalue weighted by Crippen LogP contribution is -2.08. The second kappa shape index (κ2) is 8.33. The van der Waals surface area contributed by atoms with Gasteiger partial charge >= 0.3 is 0 Å². The van der Waals surface area contributed by atoms with Crippen LogP contribution in [-0.4, -0.2) is 19.1 Å². The fourth-order valence-corrected chi connectivity index (χ4v) is 5.05. The molecule has 33 heavy (non-hydrogen) atoms. The average molecular weight is 437 g/mol. The Balaban J connectivity index is 2.18. The molecule has 0 fully saturated rings. The number of hydrogen-bond donors (Lipinski definition) is 0. The Morgan fingerprint density at radius 3 is 1.55 bits per heavy atom. The highest BCUT2D eigenvalue weighted by atomic mass is 15.1. The van der Waals surface area contributed by atoms with E-state index in [1.165, 1.54) is 72.3 Å². The third-order valence-corrected chi connectivity index (χ3v) is 7.57. The van der Waals surface area contributed by atoms with Gasteiger partial charge in [0, 0.05) is 30.7 Å². The van der Waals surface area contributed by atoms with E-state index in [2.05, 4.69) is 111 Å². The molecule has 0 N–H and O–H groups in total. The van der Waals surface area contributed by atoms with Gasteiger partial charge in [-0.25, -0.2) is 4.98 Å². The first-order valence-corrected chi connectivity index (χ1v) is 11.8. The van der Waals surface area contributed by atoms with Gasteiger partial charge in [-0.15, -0.1) is 0 Å². The number of pyridine rings is 1. The van der Waals surface area contributed by atoms with Crippen molar-refractivity contribution in [2.75, 3.05) is 19.0 Å². The van der Waals surface area contributed by atoms with Crippen LogP contribution in [0.15, 0.2) is 36.4 Å². The Morgan fingerprint density at radius 2 is 1.06 bits per heavy atom. The van der Waals surface area contributed by atoms with Crippen LogP contribution >= 0.6 is 0 Å². The predicted octanol–water partition coefficient (Wildman–Crippen LogP) is 8.10. The number of benzene rings is 3. The van der Waals surface area contributed by atoms with Crippen LogP contribution in [0.3, 0.4) is 0 Å². The van der Waals surface area contributed by atoms with E-state index >= 15 is 0 Å². The van der Waals surface area contributed by atoms with E-state index < -0.39 is 0 Å². The van der Waals surface area contributed by atoms with Crippen LogP contribution in [-0.2, 0) is 0 Å². The molecule has 3 aromatic carbocycles. The normalized spacial score (nSPS) is 11.3. The SMILES string of the molecule is Cc1cc(C)c(C)c(-c2cc(-c3c(C)c(C)cc(C)c3C)c3ccc(N(C)C)cc3n2)c1C. The maximum atomic E-state index is 5.26. The van der Waals surface area contributed by atoms with E-state index in [1.807, 2.05) is 0 Å². The summed E-state index contributed by atoms with van der Waals surface area (Å²) in [5.41, 5.74) is 17.8. The van der Waals surface area contributed by atoms with Gasteiger partial charge in [-0.3, -0.25) is 0 Å². The number of anilines is 1. The number of hydrogen-bond acceptors (Lipinski definition) is 2. The summed E-state index contributed by atoms with van der Waals surface area (Å²) in [4.78, 5) is 7.40. The Kier molecular flexibility index (Phi) is 5.82. The maximum absolute atomic E-state index is 5.26. The molecule has 0 amide bonds. The topological polar surface area (TPSA) is 16.1 Å². The van der Waals surface area contributed by atoms with E-state index in [0.717, 1.165) is 11.2 Å². The van der Waals surface area contributed by atoms with E-state index in [-0.39, 0.29) is 0 Å². The molecule has 4 rings (SSSR count). The molecule has 1 aromatic heterocycles. The molecule has 0 aliphatic rings. The van der Waals surface area contributed by atoms with Crippen LogP contribution in [0, 0.1) is 55.4 Å². The highest BCUT2D eigenvalue weighted by molar-refractivity contribution is 6.00. The van der Waals surface area contributed by atoms with Gasteiger partial charge in [0.1, 0.15) is 0 Å². The molecular weight excluding hydrogens is 400 g/mol. The van der Waals surface area contributed by atoms with Crippen LogP contribution in [0.2, 0.25) is 0 Å². The summed E-state index contributed by atoms with van der Waals surface area (Å²) in [6, 6.07) is 13.6. The lowest BCUT2D eigenvalue weighted by molar-refractivity contribution is 1.13. The van der Waals surface area contributed by atoms with Crippen molar-refractivity contribution < 1.29 is 0 Å². The minimum Gasteiger partial charge on any atom is -0.378 e. The molecule has 0 aliphatic heterocycles. The lowest BCUT2D eigenvalue weighted by Gasteiger charge is -2.21. The second-order valence-electron chi connectivity index (χ2n) is 9.92. The molecule has 0 unspecified atom stereocenters. The molecule has 0 saturated heterocycles. The van der Waals surface area contributed by atoms with Crippen molar-refractivity contribution in [1.82, 2.24) is 4.98 Å². The van der Waals surface area contributed by atoms with E-state index in [9.17, 15) is 0 Å². The van der Waals surface area contributed by atoms with Crippen molar-refractivity contribution in [3.05, 3.63) is 80.9 Å². The second-order valence-corrected chi connectivity index (χ2v) is 9.92. The Bertz CT molecular complexity index is 1350. The molecule has 170 valence electrons. The van der Waals surface area contributed by atoms with Gasteiger partial charge in [0.15, 0.2) is 0 Å². The monoisotopic (exact) mass is 436 g/mol. The van der Waals surface area contributed by atoms with Crippen molar-refractivity contribution in [2.24, 2.45) is 0 Å². The fourth-order valence-electron chi connectivity index (χ4n) is 5.05. The molecule has 1 heterocycles. The minimum absolute atomic E-state index is 1.05. The largest absolute Gasteiger partial charge is 0.378 e. The first kappa shape index (κ1) is 23.0. The highest BCUT2D eigenvalue weighted by Gasteiger charge is 2.19. The van der Waals surface area contributed by atoms with Crippen LogP contribution in [0.1, 0.15) is 44.5 Å². The summed E-state index contributed by atoms with van der Waals surface area (Å²) >= 11 is 0. The number of aromatic nitrogens is 1. The van der Waals surface area contributed by atoms with Gasteiger partial charge < -0.3 is 4.90 Å². The summed E-state index contributed by atoms with van der Waals surface area (Å²) in [5, 5.41) is 1.21. The van der Waals surface area contributed by atoms with Crippen LogP contribution in [0.25, 0.3) is 33.3 Å². The summed E-state index contributed by atoms with van der Waals surface area (Å²) < 4.78 is 0. The Morgan fingerprint density at radius 1 is 0.576 bits per heavy atom. The molecule has 0 saturated carbocycles. The third kappa shape index (κ3) is 3.82. The van der Waals surface area contributed by atoms with E-state index in [4.69, 9.17) is 4.98 Å². The van der Waals surface area contributed by atoms with Crippen molar-refractivity contribution in [2.45, 2.75) is 55.4 Å². The molecule has 2 nitrogen and oxygen atoms in total. The van der Waals surface area contributed by atoms with Crippen molar-refractivity contribution in [3.8, 4) is 22.4 Å².